The second kappa shape index (κ2) is 6.80. The predicted molar refractivity (Wildman–Crippen MR) is 105 cm³/mol. The molecule has 1 N–H and O–H groups in total. The molecule has 0 atom stereocenters. The molecule has 146 valence electrons. The maximum atomic E-state index is 12.7. The van der Waals surface area contributed by atoms with Crippen molar-refractivity contribution >= 4 is 5.91 Å². The number of rotatable bonds is 5. The second-order valence-corrected chi connectivity index (χ2v) is 8.99. The third kappa shape index (κ3) is 3.66. The fourth-order valence-corrected chi connectivity index (χ4v) is 4.09. The molecule has 2 aromatic heterocycles. The number of carbonyl (C=O) groups is 1. The standard InChI is InChI=1S/C21H31N5O/c1-14-17(25-12-6-5-7-19(25)23-14)10-11-22-20(27)16-13-18(15-8-9-15)26(24-16)21(2,3)4/h13,15H,5-12H2,1-4H3,(H,22,27). The highest BCUT2D eigenvalue weighted by Crippen LogP contribution is 2.41. The van der Waals surface area contributed by atoms with Gasteiger partial charge in [0.15, 0.2) is 0 Å². The smallest absolute Gasteiger partial charge is 0.271 e. The lowest BCUT2D eigenvalue weighted by Gasteiger charge is -2.22. The third-order valence-electron chi connectivity index (χ3n) is 5.63. The number of aryl methyl sites for hydroxylation is 2. The van der Waals surface area contributed by atoms with Crippen LogP contribution in [0.3, 0.4) is 0 Å². The summed E-state index contributed by atoms with van der Waals surface area (Å²) >= 11 is 0. The molecule has 0 saturated heterocycles. The summed E-state index contributed by atoms with van der Waals surface area (Å²) in [7, 11) is 0. The molecular weight excluding hydrogens is 338 g/mol. The number of amides is 1. The van der Waals surface area contributed by atoms with Crippen LogP contribution in [0.2, 0.25) is 0 Å². The van der Waals surface area contributed by atoms with Gasteiger partial charge in [0.2, 0.25) is 0 Å². The maximum Gasteiger partial charge on any atom is 0.271 e. The van der Waals surface area contributed by atoms with E-state index in [-0.39, 0.29) is 11.4 Å². The Morgan fingerprint density at radius 3 is 2.78 bits per heavy atom. The zero-order chi connectivity index (χ0) is 19.2. The van der Waals surface area contributed by atoms with Crippen LogP contribution >= 0.6 is 0 Å². The van der Waals surface area contributed by atoms with Crippen LogP contribution in [0, 0.1) is 6.92 Å². The fourth-order valence-electron chi connectivity index (χ4n) is 4.09. The summed E-state index contributed by atoms with van der Waals surface area (Å²) in [5, 5.41) is 7.70. The lowest BCUT2D eigenvalue weighted by atomic mass is 10.1. The van der Waals surface area contributed by atoms with E-state index in [1.165, 1.54) is 42.9 Å². The van der Waals surface area contributed by atoms with E-state index in [1.807, 2.05) is 10.7 Å². The van der Waals surface area contributed by atoms with E-state index < -0.39 is 0 Å². The van der Waals surface area contributed by atoms with Gasteiger partial charge in [-0.2, -0.15) is 5.10 Å². The fraction of sp³-hybridized carbons (Fsp3) is 0.667. The van der Waals surface area contributed by atoms with Gasteiger partial charge in [0.25, 0.3) is 5.91 Å². The molecule has 27 heavy (non-hydrogen) atoms. The maximum absolute atomic E-state index is 12.7. The Bertz CT molecular complexity index is 851. The largest absolute Gasteiger partial charge is 0.350 e. The van der Waals surface area contributed by atoms with Crippen LogP contribution in [0.25, 0.3) is 0 Å². The first kappa shape index (κ1) is 18.3. The Labute approximate surface area is 161 Å². The first-order chi connectivity index (χ1) is 12.8. The van der Waals surface area contributed by atoms with E-state index in [1.54, 1.807) is 0 Å². The molecule has 1 amide bonds. The van der Waals surface area contributed by atoms with E-state index in [4.69, 9.17) is 4.98 Å². The molecule has 6 heteroatoms. The van der Waals surface area contributed by atoms with Gasteiger partial charge in [-0.1, -0.05) is 0 Å². The van der Waals surface area contributed by atoms with Gasteiger partial charge in [-0.25, -0.2) is 4.98 Å². The number of nitrogens with zero attached hydrogens (tertiary/aromatic N) is 4. The van der Waals surface area contributed by atoms with Crippen molar-refractivity contribution < 1.29 is 4.79 Å². The zero-order valence-electron chi connectivity index (χ0n) is 17.0. The van der Waals surface area contributed by atoms with Crippen LogP contribution in [0.5, 0.6) is 0 Å². The van der Waals surface area contributed by atoms with Crippen molar-refractivity contribution in [2.24, 2.45) is 0 Å². The summed E-state index contributed by atoms with van der Waals surface area (Å²) in [4.78, 5) is 17.4. The molecule has 0 radical (unpaired) electrons. The van der Waals surface area contributed by atoms with Crippen LogP contribution < -0.4 is 5.32 Å². The van der Waals surface area contributed by atoms with Gasteiger partial charge >= 0.3 is 0 Å². The van der Waals surface area contributed by atoms with Gasteiger partial charge in [-0.3, -0.25) is 9.48 Å². The Morgan fingerprint density at radius 2 is 2.07 bits per heavy atom. The molecule has 0 unspecified atom stereocenters. The molecule has 1 aliphatic carbocycles. The Balaban J connectivity index is 1.43. The van der Waals surface area contributed by atoms with Gasteiger partial charge in [-0.05, 0) is 59.4 Å². The normalized spacial score (nSPS) is 17.0. The molecule has 1 aliphatic heterocycles. The van der Waals surface area contributed by atoms with Crippen molar-refractivity contribution in [2.45, 2.75) is 84.2 Å². The van der Waals surface area contributed by atoms with E-state index in [9.17, 15) is 4.79 Å². The van der Waals surface area contributed by atoms with Gasteiger partial charge in [0, 0.05) is 43.2 Å². The molecule has 1 fully saturated rings. The minimum Gasteiger partial charge on any atom is -0.350 e. The van der Waals surface area contributed by atoms with Crippen molar-refractivity contribution in [1.29, 1.82) is 0 Å². The van der Waals surface area contributed by atoms with Gasteiger partial charge in [0.05, 0.1) is 11.2 Å². The second-order valence-electron chi connectivity index (χ2n) is 8.99. The summed E-state index contributed by atoms with van der Waals surface area (Å²) in [6.45, 7) is 10.2. The van der Waals surface area contributed by atoms with E-state index in [0.717, 1.165) is 25.1 Å². The van der Waals surface area contributed by atoms with Crippen LogP contribution in [-0.2, 0) is 24.9 Å². The minimum atomic E-state index is -0.107. The molecule has 0 bridgehead atoms. The Kier molecular flexibility index (Phi) is 4.60. The average Bonchev–Trinajstić information content (AvgIpc) is 3.27. The Hall–Kier alpha value is -2.11. The first-order valence-corrected chi connectivity index (χ1v) is 10.3. The molecule has 1 saturated carbocycles. The molecular formula is C21H31N5O. The third-order valence-corrected chi connectivity index (χ3v) is 5.63. The van der Waals surface area contributed by atoms with E-state index in [0.29, 0.717) is 18.2 Å². The SMILES string of the molecule is Cc1nc2n(c1CCNC(=O)c1cc(C3CC3)n(C(C)(C)C)n1)CCCC2. The minimum absolute atomic E-state index is 0.0732. The van der Waals surface area contributed by atoms with Gasteiger partial charge < -0.3 is 9.88 Å². The van der Waals surface area contributed by atoms with Gasteiger partial charge in [0.1, 0.15) is 11.5 Å². The first-order valence-electron chi connectivity index (χ1n) is 10.3. The van der Waals surface area contributed by atoms with Gasteiger partial charge in [-0.15, -0.1) is 0 Å². The van der Waals surface area contributed by atoms with Crippen molar-refractivity contribution in [1.82, 2.24) is 24.6 Å². The highest BCUT2D eigenvalue weighted by molar-refractivity contribution is 5.92. The summed E-state index contributed by atoms with van der Waals surface area (Å²) < 4.78 is 4.39. The van der Waals surface area contributed by atoms with Crippen LogP contribution in [0.4, 0.5) is 0 Å². The molecule has 2 aliphatic rings. The topological polar surface area (TPSA) is 64.7 Å². The van der Waals surface area contributed by atoms with E-state index >= 15 is 0 Å². The monoisotopic (exact) mass is 369 g/mol. The number of hydrogen-bond acceptors (Lipinski definition) is 3. The van der Waals surface area contributed by atoms with E-state index in [2.05, 4.69) is 42.7 Å². The number of fused-ring (bicyclic) bond motifs is 1. The van der Waals surface area contributed by atoms with Crippen molar-refractivity contribution in [2.75, 3.05) is 6.54 Å². The van der Waals surface area contributed by atoms with Crippen LogP contribution in [0.15, 0.2) is 6.07 Å². The quantitative estimate of drug-likeness (QED) is 0.879. The number of aromatic nitrogens is 4. The lowest BCUT2D eigenvalue weighted by molar-refractivity contribution is 0.0947. The number of hydrogen-bond donors (Lipinski definition) is 1. The number of nitrogens with one attached hydrogen (secondary N) is 1. The highest BCUT2D eigenvalue weighted by Gasteiger charge is 2.32. The van der Waals surface area contributed by atoms with Crippen molar-refractivity contribution in [3.05, 3.63) is 34.7 Å². The van der Waals surface area contributed by atoms with Crippen molar-refractivity contribution in [3.63, 3.8) is 0 Å². The Morgan fingerprint density at radius 1 is 1.30 bits per heavy atom. The number of imidazole rings is 1. The van der Waals surface area contributed by atoms with Crippen LogP contribution in [0.1, 0.15) is 85.8 Å². The summed E-state index contributed by atoms with van der Waals surface area (Å²) in [6.07, 6.45) is 6.74. The predicted octanol–water partition coefficient (Wildman–Crippen LogP) is 3.33. The molecule has 4 rings (SSSR count). The number of carbonyl (C=O) groups excluding carboxylic acids is 1. The highest BCUT2D eigenvalue weighted by atomic mass is 16.1. The molecule has 6 nitrogen and oxygen atoms in total. The summed E-state index contributed by atoms with van der Waals surface area (Å²) in [5.41, 5.74) is 4.01. The molecule has 0 spiro atoms. The molecule has 3 heterocycles. The molecule has 2 aromatic rings. The lowest BCUT2D eigenvalue weighted by Crippen LogP contribution is -2.29. The zero-order valence-corrected chi connectivity index (χ0v) is 17.0. The summed E-state index contributed by atoms with van der Waals surface area (Å²) in [5.74, 6) is 1.70. The average molecular weight is 370 g/mol. The summed E-state index contributed by atoms with van der Waals surface area (Å²) in [6, 6.07) is 1.99. The van der Waals surface area contributed by atoms with Crippen LogP contribution in [-0.4, -0.2) is 31.8 Å². The molecule has 0 aromatic carbocycles. The van der Waals surface area contributed by atoms with Crippen molar-refractivity contribution in [3.8, 4) is 0 Å².